The minimum Gasteiger partial charge on any atom is -0.352 e. The highest BCUT2D eigenvalue weighted by atomic mass is 32.2. The molecule has 2 rings (SSSR count). The fraction of sp³-hybridized carbons (Fsp3) is 0.440. The van der Waals surface area contributed by atoms with Gasteiger partial charge in [0.2, 0.25) is 11.8 Å². The summed E-state index contributed by atoms with van der Waals surface area (Å²) in [6, 6.07) is 17.8. The molecule has 30 heavy (non-hydrogen) atoms. The Morgan fingerprint density at radius 3 is 2.30 bits per heavy atom. The Morgan fingerprint density at radius 1 is 1.00 bits per heavy atom. The summed E-state index contributed by atoms with van der Waals surface area (Å²) in [5, 5.41) is 3.06. The maximum atomic E-state index is 13.2. The highest BCUT2D eigenvalue weighted by Gasteiger charge is 2.29. The fourth-order valence-electron chi connectivity index (χ4n) is 3.25. The fourth-order valence-corrected chi connectivity index (χ4v) is 4.11. The predicted octanol–water partition coefficient (Wildman–Crippen LogP) is 5.20. The minimum absolute atomic E-state index is 0.0211. The number of hydrogen-bond donors (Lipinski definition) is 1. The number of nitrogens with zero attached hydrogens (tertiary/aromatic N) is 1. The smallest absolute Gasteiger partial charge is 0.243 e. The molecule has 0 heterocycles. The standard InChI is InChI=1S/C25H34N2O2S/c1-5-20(4)26-25(29)23(6-2)27(18-21-13-11-10-12-19(21)3)24(28)16-17-30-22-14-8-7-9-15-22/h7-15,20,23H,5-6,16-18H2,1-4H3,(H,26,29)/t20-,23-/m1/s1. The van der Waals surface area contributed by atoms with Crippen molar-refractivity contribution in [2.75, 3.05) is 5.75 Å². The Morgan fingerprint density at radius 2 is 1.67 bits per heavy atom. The van der Waals surface area contributed by atoms with E-state index < -0.39 is 6.04 Å². The molecule has 0 saturated carbocycles. The van der Waals surface area contributed by atoms with Crippen LogP contribution in [-0.2, 0) is 16.1 Å². The second-order valence-electron chi connectivity index (χ2n) is 7.60. The van der Waals surface area contributed by atoms with Gasteiger partial charge in [-0.05, 0) is 49.9 Å². The number of benzene rings is 2. The Balaban J connectivity index is 2.15. The molecule has 2 atom stereocenters. The second-order valence-corrected chi connectivity index (χ2v) is 8.77. The van der Waals surface area contributed by atoms with Crippen LogP contribution in [0.4, 0.5) is 0 Å². The zero-order valence-electron chi connectivity index (χ0n) is 18.6. The van der Waals surface area contributed by atoms with E-state index >= 15 is 0 Å². The lowest BCUT2D eigenvalue weighted by molar-refractivity contribution is -0.141. The van der Waals surface area contributed by atoms with Crippen LogP contribution in [0.3, 0.4) is 0 Å². The topological polar surface area (TPSA) is 49.4 Å². The van der Waals surface area contributed by atoms with Crippen LogP contribution in [0.15, 0.2) is 59.5 Å². The van der Waals surface area contributed by atoms with Crippen LogP contribution < -0.4 is 5.32 Å². The van der Waals surface area contributed by atoms with Crippen molar-refractivity contribution in [1.29, 1.82) is 0 Å². The molecule has 0 spiro atoms. The third-order valence-corrected chi connectivity index (χ3v) is 6.33. The highest BCUT2D eigenvalue weighted by Crippen LogP contribution is 2.21. The van der Waals surface area contributed by atoms with Gasteiger partial charge in [0, 0.05) is 29.7 Å². The van der Waals surface area contributed by atoms with Crippen molar-refractivity contribution in [3.63, 3.8) is 0 Å². The van der Waals surface area contributed by atoms with Crippen LogP contribution in [0.1, 0.15) is 51.2 Å². The average Bonchev–Trinajstić information content (AvgIpc) is 2.75. The van der Waals surface area contributed by atoms with Gasteiger partial charge in [0.1, 0.15) is 6.04 Å². The molecule has 0 bridgehead atoms. The molecule has 0 fully saturated rings. The van der Waals surface area contributed by atoms with Crippen molar-refractivity contribution in [3.05, 3.63) is 65.7 Å². The van der Waals surface area contributed by atoms with Gasteiger partial charge in [-0.3, -0.25) is 9.59 Å². The molecule has 4 nitrogen and oxygen atoms in total. The summed E-state index contributed by atoms with van der Waals surface area (Å²) in [4.78, 5) is 29.1. The molecule has 2 aromatic carbocycles. The van der Waals surface area contributed by atoms with Crippen molar-refractivity contribution in [3.8, 4) is 0 Å². The summed E-state index contributed by atoms with van der Waals surface area (Å²) in [5.41, 5.74) is 2.21. The molecule has 1 N–H and O–H groups in total. The molecule has 2 aromatic rings. The van der Waals surface area contributed by atoms with Crippen molar-refractivity contribution >= 4 is 23.6 Å². The second kappa shape index (κ2) is 12.4. The normalized spacial score (nSPS) is 12.8. The van der Waals surface area contributed by atoms with Crippen molar-refractivity contribution < 1.29 is 9.59 Å². The lowest BCUT2D eigenvalue weighted by Gasteiger charge is -2.32. The van der Waals surface area contributed by atoms with Gasteiger partial charge in [0.15, 0.2) is 0 Å². The van der Waals surface area contributed by atoms with E-state index in [0.29, 0.717) is 25.1 Å². The quantitative estimate of drug-likeness (QED) is 0.503. The van der Waals surface area contributed by atoms with Crippen molar-refractivity contribution in [2.24, 2.45) is 0 Å². The number of amides is 2. The van der Waals surface area contributed by atoms with Gasteiger partial charge < -0.3 is 10.2 Å². The van der Waals surface area contributed by atoms with E-state index in [4.69, 9.17) is 0 Å². The number of thioether (sulfide) groups is 1. The van der Waals surface area contributed by atoms with Crippen LogP contribution >= 0.6 is 11.8 Å². The van der Waals surface area contributed by atoms with Gasteiger partial charge in [0.05, 0.1) is 0 Å². The van der Waals surface area contributed by atoms with E-state index in [0.717, 1.165) is 22.4 Å². The largest absolute Gasteiger partial charge is 0.352 e. The van der Waals surface area contributed by atoms with E-state index in [9.17, 15) is 9.59 Å². The molecule has 2 amide bonds. The maximum absolute atomic E-state index is 13.2. The molecule has 162 valence electrons. The lowest BCUT2D eigenvalue weighted by Crippen LogP contribution is -2.50. The van der Waals surface area contributed by atoms with Gasteiger partial charge >= 0.3 is 0 Å². The van der Waals surface area contributed by atoms with Gasteiger partial charge in [-0.25, -0.2) is 0 Å². The molecule has 0 unspecified atom stereocenters. The highest BCUT2D eigenvalue weighted by molar-refractivity contribution is 7.99. The first-order valence-corrected chi connectivity index (χ1v) is 11.8. The summed E-state index contributed by atoms with van der Waals surface area (Å²) < 4.78 is 0. The number of hydrogen-bond acceptors (Lipinski definition) is 3. The number of carbonyl (C=O) groups excluding carboxylic acids is 2. The Labute approximate surface area is 185 Å². The van der Waals surface area contributed by atoms with Gasteiger partial charge in [0.25, 0.3) is 0 Å². The molecule has 0 aliphatic heterocycles. The molecule has 0 saturated heterocycles. The van der Waals surface area contributed by atoms with E-state index in [-0.39, 0.29) is 17.9 Å². The Hall–Kier alpha value is -2.27. The summed E-state index contributed by atoms with van der Waals surface area (Å²) in [6.45, 7) is 8.51. The van der Waals surface area contributed by atoms with E-state index in [1.54, 1.807) is 16.7 Å². The van der Waals surface area contributed by atoms with Gasteiger partial charge in [-0.2, -0.15) is 0 Å². The van der Waals surface area contributed by atoms with Crippen molar-refractivity contribution in [2.45, 2.75) is 70.5 Å². The average molecular weight is 427 g/mol. The summed E-state index contributed by atoms with van der Waals surface area (Å²) in [6.07, 6.45) is 1.85. The van der Waals surface area contributed by atoms with E-state index in [2.05, 4.69) is 17.4 Å². The number of rotatable bonds is 11. The Kier molecular flexibility index (Phi) is 9.95. The third kappa shape index (κ3) is 7.21. The van der Waals surface area contributed by atoms with Crippen molar-refractivity contribution in [1.82, 2.24) is 10.2 Å². The monoisotopic (exact) mass is 426 g/mol. The first kappa shape index (κ1) is 24.0. The molecular weight excluding hydrogens is 392 g/mol. The maximum Gasteiger partial charge on any atom is 0.243 e. The van der Waals surface area contributed by atoms with E-state index in [1.165, 1.54) is 0 Å². The zero-order valence-corrected chi connectivity index (χ0v) is 19.4. The van der Waals surface area contributed by atoms with Crippen LogP contribution in [0.25, 0.3) is 0 Å². The molecule has 0 aliphatic carbocycles. The molecular formula is C25H34N2O2S. The van der Waals surface area contributed by atoms with Gasteiger partial charge in [-0.1, -0.05) is 56.3 Å². The number of nitrogens with one attached hydrogen (secondary N) is 1. The van der Waals surface area contributed by atoms with E-state index in [1.807, 2.05) is 70.2 Å². The summed E-state index contributed by atoms with van der Waals surface area (Å²) >= 11 is 1.67. The minimum atomic E-state index is -0.465. The van der Waals surface area contributed by atoms with Crippen LogP contribution in [0, 0.1) is 6.92 Å². The first-order valence-electron chi connectivity index (χ1n) is 10.8. The van der Waals surface area contributed by atoms with Crippen LogP contribution in [-0.4, -0.2) is 34.6 Å². The molecule has 0 aromatic heterocycles. The SMILES string of the molecule is CC[C@@H](C)NC(=O)[C@@H](CC)N(Cc1ccccc1C)C(=O)CCSc1ccccc1. The number of carbonyl (C=O) groups is 2. The lowest BCUT2D eigenvalue weighted by atomic mass is 10.1. The summed E-state index contributed by atoms with van der Waals surface area (Å²) in [5.74, 6) is 0.647. The number of aryl methyl sites for hydroxylation is 1. The predicted molar refractivity (Wildman–Crippen MR) is 125 cm³/mol. The van der Waals surface area contributed by atoms with Gasteiger partial charge in [-0.15, -0.1) is 11.8 Å². The first-order chi connectivity index (χ1) is 14.5. The molecule has 5 heteroatoms. The molecule has 0 radical (unpaired) electrons. The molecule has 0 aliphatic rings. The van der Waals surface area contributed by atoms with Crippen LogP contribution in [0.5, 0.6) is 0 Å². The zero-order chi connectivity index (χ0) is 21.9. The third-order valence-electron chi connectivity index (χ3n) is 5.32. The Bertz CT molecular complexity index is 810. The summed E-state index contributed by atoms with van der Waals surface area (Å²) in [7, 11) is 0. The van der Waals surface area contributed by atoms with Crippen LogP contribution in [0.2, 0.25) is 0 Å².